The second-order valence-electron chi connectivity index (χ2n) is 4.07. The number of anilines is 1. The number of nitrogens with zero attached hydrogens (tertiary/aromatic N) is 2. The average Bonchev–Trinajstić information content (AvgIpc) is 2.87. The quantitative estimate of drug-likeness (QED) is 0.829. The molecular weight excluding hydrogens is 265 g/mol. The molecule has 1 unspecified atom stereocenters. The largest absolute Gasteiger partial charge is 0.464 e. The van der Waals surface area contributed by atoms with E-state index in [1.807, 2.05) is 0 Å². The summed E-state index contributed by atoms with van der Waals surface area (Å²) < 4.78 is 18.0. The van der Waals surface area contributed by atoms with E-state index in [-0.39, 0.29) is 5.82 Å². The van der Waals surface area contributed by atoms with Gasteiger partial charge in [-0.2, -0.15) is 5.17 Å². The first kappa shape index (κ1) is 14.3. The van der Waals surface area contributed by atoms with Crippen LogP contribution in [0.1, 0.15) is 13.8 Å². The highest BCUT2D eigenvalue weighted by Gasteiger charge is 2.21. The average molecular weight is 281 g/mol. The lowest BCUT2D eigenvalue weighted by atomic mass is 10.3. The number of hydrazine groups is 2. The van der Waals surface area contributed by atoms with Crippen molar-refractivity contribution in [2.45, 2.75) is 20.0 Å². The number of halogens is 1. The molecule has 1 heterocycles. The molecule has 0 aromatic heterocycles. The van der Waals surface area contributed by atoms with Crippen LogP contribution in [0, 0.1) is 5.82 Å². The number of hydrogen-bond acceptors (Lipinski definition) is 6. The summed E-state index contributed by atoms with van der Waals surface area (Å²) in [6.07, 6.45) is 2.47. The maximum Gasteiger partial charge on any atom is 0.337 e. The molecule has 0 amide bonds. The van der Waals surface area contributed by atoms with E-state index in [1.165, 1.54) is 17.3 Å². The Morgan fingerprint density at radius 3 is 2.95 bits per heavy atom. The summed E-state index contributed by atoms with van der Waals surface area (Å²) in [6, 6.07) is 6.07. The molecule has 6 nitrogen and oxygen atoms in total. The Labute approximate surface area is 116 Å². The lowest BCUT2D eigenvalue weighted by molar-refractivity contribution is -0.205. The van der Waals surface area contributed by atoms with E-state index in [1.54, 1.807) is 43.4 Å². The highest BCUT2D eigenvalue weighted by Crippen LogP contribution is 2.17. The Morgan fingerprint density at radius 1 is 1.45 bits per heavy atom. The normalized spacial score (nSPS) is 15.6. The van der Waals surface area contributed by atoms with Gasteiger partial charge in [0.15, 0.2) is 6.10 Å². The molecule has 1 aromatic carbocycles. The maximum atomic E-state index is 13.1. The Hall–Kier alpha value is -2.12. The van der Waals surface area contributed by atoms with Crippen molar-refractivity contribution in [1.29, 1.82) is 0 Å². The van der Waals surface area contributed by atoms with E-state index in [9.17, 15) is 9.18 Å². The summed E-state index contributed by atoms with van der Waals surface area (Å²) in [6.45, 7) is 3.61. The molecule has 108 valence electrons. The molecule has 0 radical (unpaired) electrons. The van der Waals surface area contributed by atoms with Gasteiger partial charge in [0.1, 0.15) is 5.82 Å². The molecule has 1 atom stereocenters. The Kier molecular flexibility index (Phi) is 4.54. The van der Waals surface area contributed by atoms with E-state index < -0.39 is 12.1 Å². The zero-order chi connectivity index (χ0) is 14.5. The monoisotopic (exact) mass is 281 g/mol. The summed E-state index contributed by atoms with van der Waals surface area (Å²) in [5.41, 5.74) is 3.43. The van der Waals surface area contributed by atoms with Gasteiger partial charge in [-0.1, -0.05) is 6.07 Å². The smallest absolute Gasteiger partial charge is 0.337 e. The van der Waals surface area contributed by atoms with Crippen LogP contribution >= 0.6 is 0 Å². The number of benzene rings is 1. The number of carbonyl (C=O) groups excluding carboxylic acids is 1. The molecule has 0 spiro atoms. The fraction of sp³-hybridized carbons (Fsp3) is 0.308. The molecule has 20 heavy (non-hydrogen) atoms. The number of hydroxylamine groups is 1. The predicted octanol–water partition coefficient (Wildman–Crippen LogP) is 1.72. The third-order valence-corrected chi connectivity index (χ3v) is 2.53. The first-order valence-electron chi connectivity index (χ1n) is 6.22. The van der Waals surface area contributed by atoms with Crippen LogP contribution in [0.2, 0.25) is 0 Å². The van der Waals surface area contributed by atoms with Gasteiger partial charge >= 0.3 is 5.97 Å². The van der Waals surface area contributed by atoms with Crippen molar-refractivity contribution in [2.24, 2.45) is 0 Å². The lowest BCUT2D eigenvalue weighted by Gasteiger charge is -2.23. The van der Waals surface area contributed by atoms with Crippen molar-refractivity contribution in [3.63, 3.8) is 0 Å². The molecule has 1 N–H and O–H groups in total. The zero-order valence-corrected chi connectivity index (χ0v) is 11.2. The fourth-order valence-corrected chi connectivity index (χ4v) is 1.60. The van der Waals surface area contributed by atoms with E-state index in [2.05, 4.69) is 5.53 Å². The van der Waals surface area contributed by atoms with Gasteiger partial charge in [-0.05, 0) is 32.0 Å². The molecule has 0 fully saturated rings. The SMILES string of the molecule is CCOC(=O)C(C)ON1C=CN(c2cccc(F)c2)N1. The van der Waals surface area contributed by atoms with Crippen LogP contribution in [-0.4, -0.2) is 23.9 Å². The third kappa shape index (κ3) is 3.46. The molecule has 1 aliphatic rings. The number of ether oxygens (including phenoxy) is 1. The van der Waals surface area contributed by atoms with E-state index >= 15 is 0 Å². The molecular formula is C13H16FN3O3. The van der Waals surface area contributed by atoms with Crippen molar-refractivity contribution < 1.29 is 18.8 Å². The van der Waals surface area contributed by atoms with Gasteiger partial charge in [0.2, 0.25) is 0 Å². The molecule has 0 bridgehead atoms. The second kappa shape index (κ2) is 6.36. The minimum atomic E-state index is -0.750. The maximum absolute atomic E-state index is 13.1. The van der Waals surface area contributed by atoms with Gasteiger partial charge in [-0.15, -0.1) is 5.53 Å². The van der Waals surface area contributed by atoms with Gasteiger partial charge in [0.25, 0.3) is 0 Å². The molecule has 1 aliphatic heterocycles. The summed E-state index contributed by atoms with van der Waals surface area (Å²) in [5.74, 6) is -0.788. The number of hydrogen-bond donors (Lipinski definition) is 1. The van der Waals surface area contributed by atoms with E-state index in [0.717, 1.165) is 0 Å². The highest BCUT2D eigenvalue weighted by molar-refractivity contribution is 5.74. The minimum absolute atomic E-state index is 0.297. The van der Waals surface area contributed by atoms with Crippen LogP contribution in [0.5, 0.6) is 0 Å². The van der Waals surface area contributed by atoms with Crippen LogP contribution in [-0.2, 0) is 14.4 Å². The first-order valence-corrected chi connectivity index (χ1v) is 6.22. The first-order chi connectivity index (χ1) is 9.60. The van der Waals surface area contributed by atoms with Gasteiger partial charge in [-0.3, -0.25) is 5.01 Å². The van der Waals surface area contributed by atoms with Crippen LogP contribution in [0.15, 0.2) is 36.7 Å². The van der Waals surface area contributed by atoms with Crippen molar-refractivity contribution in [1.82, 2.24) is 10.7 Å². The summed E-state index contributed by atoms with van der Waals surface area (Å²) in [7, 11) is 0. The summed E-state index contributed by atoms with van der Waals surface area (Å²) in [4.78, 5) is 16.8. The Bertz CT molecular complexity index is 509. The predicted molar refractivity (Wildman–Crippen MR) is 70.2 cm³/mol. The molecule has 0 aliphatic carbocycles. The topological polar surface area (TPSA) is 54.0 Å². The lowest BCUT2D eigenvalue weighted by Crippen LogP contribution is -2.42. The summed E-state index contributed by atoms with van der Waals surface area (Å²) in [5, 5.41) is 2.81. The van der Waals surface area contributed by atoms with Crippen molar-refractivity contribution in [2.75, 3.05) is 11.6 Å². The number of esters is 1. The number of rotatable bonds is 5. The third-order valence-electron chi connectivity index (χ3n) is 2.53. The molecule has 2 rings (SSSR count). The van der Waals surface area contributed by atoms with Gasteiger partial charge in [-0.25, -0.2) is 14.0 Å². The fourth-order valence-electron chi connectivity index (χ4n) is 1.60. The van der Waals surface area contributed by atoms with E-state index in [0.29, 0.717) is 12.3 Å². The van der Waals surface area contributed by atoms with Gasteiger partial charge in [0, 0.05) is 6.20 Å². The molecule has 0 saturated heterocycles. The second-order valence-corrected chi connectivity index (χ2v) is 4.07. The van der Waals surface area contributed by atoms with Crippen LogP contribution in [0.4, 0.5) is 10.1 Å². The number of carbonyl (C=O) groups is 1. The van der Waals surface area contributed by atoms with E-state index in [4.69, 9.17) is 9.57 Å². The minimum Gasteiger partial charge on any atom is -0.464 e. The number of nitrogens with one attached hydrogen (secondary N) is 1. The summed E-state index contributed by atoms with van der Waals surface area (Å²) >= 11 is 0. The molecule has 1 aromatic rings. The Morgan fingerprint density at radius 2 is 2.25 bits per heavy atom. The van der Waals surface area contributed by atoms with Crippen molar-refractivity contribution in [3.05, 3.63) is 42.5 Å². The van der Waals surface area contributed by atoms with Crippen LogP contribution in [0.25, 0.3) is 0 Å². The Balaban J connectivity index is 1.90. The van der Waals surface area contributed by atoms with Crippen LogP contribution in [0.3, 0.4) is 0 Å². The highest BCUT2D eigenvalue weighted by atomic mass is 19.1. The van der Waals surface area contributed by atoms with Gasteiger partial charge in [0.05, 0.1) is 18.5 Å². The zero-order valence-electron chi connectivity index (χ0n) is 11.2. The van der Waals surface area contributed by atoms with Crippen molar-refractivity contribution in [3.8, 4) is 0 Å². The van der Waals surface area contributed by atoms with Crippen LogP contribution < -0.4 is 10.5 Å². The molecule has 0 saturated carbocycles. The van der Waals surface area contributed by atoms with Crippen molar-refractivity contribution >= 4 is 11.7 Å². The molecule has 7 heteroatoms. The standard InChI is InChI=1S/C13H16FN3O3/c1-3-19-13(18)10(2)20-17-8-7-16(15-17)12-6-4-5-11(14)9-12/h4-10,15H,3H2,1-2H3. The van der Waals surface area contributed by atoms with Gasteiger partial charge < -0.3 is 4.74 Å².